The van der Waals surface area contributed by atoms with Crippen LogP contribution in [0.25, 0.3) is 0 Å². The molecule has 0 bridgehead atoms. The molecule has 16 heavy (non-hydrogen) atoms. The molecule has 0 unspecified atom stereocenters. The number of fused-ring (bicyclic) bond motifs is 1. The number of Topliss-reactive ketones (excluding diaryl/α,β-unsaturated/α-hetero) is 1. The normalized spacial score (nSPS) is 12.9. The lowest BCUT2D eigenvalue weighted by atomic mass is 10.0. The Bertz CT molecular complexity index is 443. The van der Waals surface area contributed by atoms with Crippen molar-refractivity contribution in [3.8, 4) is 23.8 Å². The first-order valence-corrected chi connectivity index (χ1v) is 5.18. The maximum absolute atomic E-state index is 11.8. The van der Waals surface area contributed by atoms with E-state index in [0.29, 0.717) is 43.1 Å². The van der Waals surface area contributed by atoms with Crippen LogP contribution >= 0.6 is 0 Å². The van der Waals surface area contributed by atoms with Crippen molar-refractivity contribution < 1.29 is 14.3 Å². The summed E-state index contributed by atoms with van der Waals surface area (Å²) >= 11 is 0. The fraction of sp³-hybridized carbons (Fsp3) is 0.308. The predicted molar refractivity (Wildman–Crippen MR) is 59.8 cm³/mol. The number of ether oxygens (including phenoxy) is 2. The lowest BCUT2D eigenvalue weighted by Crippen LogP contribution is -2.17. The van der Waals surface area contributed by atoms with Crippen LogP contribution in [0.2, 0.25) is 0 Å². The minimum absolute atomic E-state index is 0.000278. The van der Waals surface area contributed by atoms with Crippen molar-refractivity contribution in [1.82, 2.24) is 0 Å². The topological polar surface area (TPSA) is 35.5 Å². The van der Waals surface area contributed by atoms with E-state index in [-0.39, 0.29) is 5.78 Å². The Morgan fingerprint density at radius 1 is 1.38 bits per heavy atom. The summed E-state index contributed by atoms with van der Waals surface area (Å²) in [4.78, 5) is 11.8. The third-order valence-electron chi connectivity index (χ3n) is 2.36. The van der Waals surface area contributed by atoms with Gasteiger partial charge in [-0.05, 0) is 12.1 Å². The maximum Gasteiger partial charge on any atom is 0.172 e. The van der Waals surface area contributed by atoms with Crippen molar-refractivity contribution in [2.24, 2.45) is 0 Å². The maximum atomic E-state index is 11.8. The number of para-hydroxylation sites is 1. The van der Waals surface area contributed by atoms with Crippen molar-refractivity contribution in [2.45, 2.75) is 12.8 Å². The first kappa shape index (κ1) is 10.6. The first-order valence-electron chi connectivity index (χ1n) is 5.18. The molecule has 0 N–H and O–H groups in total. The molecule has 0 fully saturated rings. The van der Waals surface area contributed by atoms with E-state index in [1.807, 2.05) is 0 Å². The van der Waals surface area contributed by atoms with Crippen LogP contribution in [0.1, 0.15) is 23.2 Å². The van der Waals surface area contributed by atoms with Crippen LogP contribution in [-0.2, 0) is 0 Å². The molecular formula is C13H12O3. The summed E-state index contributed by atoms with van der Waals surface area (Å²) in [6, 6.07) is 5.33. The third kappa shape index (κ3) is 2.01. The zero-order valence-electron chi connectivity index (χ0n) is 8.86. The lowest BCUT2D eigenvalue weighted by Gasteiger charge is -2.20. The number of carbonyl (C=O) groups excluding carboxylic acids is 1. The minimum Gasteiger partial charge on any atom is -0.486 e. The van der Waals surface area contributed by atoms with E-state index in [2.05, 4.69) is 5.92 Å². The van der Waals surface area contributed by atoms with Gasteiger partial charge in [-0.3, -0.25) is 4.79 Å². The van der Waals surface area contributed by atoms with Crippen molar-refractivity contribution in [1.29, 1.82) is 0 Å². The van der Waals surface area contributed by atoms with E-state index in [0.717, 1.165) is 0 Å². The van der Waals surface area contributed by atoms with Gasteiger partial charge in [0.05, 0.1) is 5.56 Å². The smallest absolute Gasteiger partial charge is 0.172 e. The molecule has 0 amide bonds. The summed E-state index contributed by atoms with van der Waals surface area (Å²) < 4.78 is 10.9. The van der Waals surface area contributed by atoms with Crippen LogP contribution in [0, 0.1) is 12.3 Å². The Hall–Kier alpha value is -1.95. The molecule has 0 atom stereocenters. The highest BCUT2D eigenvalue weighted by molar-refractivity contribution is 5.99. The summed E-state index contributed by atoms with van der Waals surface area (Å²) in [6.07, 6.45) is 5.93. The van der Waals surface area contributed by atoms with Crippen LogP contribution in [-0.4, -0.2) is 19.0 Å². The summed E-state index contributed by atoms with van der Waals surface area (Å²) in [7, 11) is 0. The molecule has 1 heterocycles. The number of benzene rings is 1. The molecule has 3 nitrogen and oxygen atoms in total. The van der Waals surface area contributed by atoms with E-state index in [4.69, 9.17) is 15.9 Å². The monoisotopic (exact) mass is 216 g/mol. The zero-order chi connectivity index (χ0) is 11.4. The highest BCUT2D eigenvalue weighted by Gasteiger charge is 2.19. The van der Waals surface area contributed by atoms with Crippen molar-refractivity contribution in [2.75, 3.05) is 13.2 Å². The number of hydrogen-bond acceptors (Lipinski definition) is 3. The SMILES string of the molecule is C#CCCC(=O)c1cccc2c1OCCO2. The average molecular weight is 216 g/mol. The highest BCUT2D eigenvalue weighted by Crippen LogP contribution is 2.34. The molecule has 1 aliphatic rings. The Labute approximate surface area is 94.4 Å². The van der Waals surface area contributed by atoms with Crippen LogP contribution in [0.5, 0.6) is 11.5 Å². The van der Waals surface area contributed by atoms with Crippen molar-refractivity contribution in [3.63, 3.8) is 0 Å². The van der Waals surface area contributed by atoms with Gasteiger partial charge in [-0.2, -0.15) is 0 Å². The van der Waals surface area contributed by atoms with Crippen molar-refractivity contribution in [3.05, 3.63) is 23.8 Å². The summed E-state index contributed by atoms with van der Waals surface area (Å²) in [5.41, 5.74) is 0.562. The van der Waals surface area contributed by atoms with Gasteiger partial charge in [0.25, 0.3) is 0 Å². The summed E-state index contributed by atoms with van der Waals surface area (Å²) in [5, 5.41) is 0. The van der Waals surface area contributed by atoms with Gasteiger partial charge in [-0.1, -0.05) is 6.07 Å². The fourth-order valence-electron chi connectivity index (χ4n) is 1.61. The summed E-state index contributed by atoms with van der Waals surface area (Å²) in [5.74, 6) is 3.64. The average Bonchev–Trinajstić information content (AvgIpc) is 2.35. The molecule has 0 saturated carbocycles. The molecule has 1 aliphatic heterocycles. The largest absolute Gasteiger partial charge is 0.486 e. The first-order chi connectivity index (χ1) is 7.83. The molecule has 2 rings (SSSR count). The minimum atomic E-state index is 0.000278. The van der Waals surface area contributed by atoms with Crippen LogP contribution in [0.4, 0.5) is 0 Å². The van der Waals surface area contributed by atoms with Gasteiger partial charge < -0.3 is 9.47 Å². The van der Waals surface area contributed by atoms with Gasteiger partial charge >= 0.3 is 0 Å². The van der Waals surface area contributed by atoms with E-state index in [9.17, 15) is 4.79 Å². The van der Waals surface area contributed by atoms with Gasteiger partial charge in [-0.25, -0.2) is 0 Å². The quantitative estimate of drug-likeness (QED) is 0.573. The number of terminal acetylenes is 1. The molecule has 0 spiro atoms. The number of rotatable bonds is 3. The van der Waals surface area contributed by atoms with Gasteiger partial charge in [0.15, 0.2) is 17.3 Å². The molecule has 0 radical (unpaired) electrons. The second-order valence-corrected chi connectivity index (χ2v) is 3.46. The Balaban J connectivity index is 2.27. The second kappa shape index (κ2) is 4.71. The fourth-order valence-corrected chi connectivity index (χ4v) is 1.61. The molecule has 82 valence electrons. The van der Waals surface area contributed by atoms with Gasteiger partial charge in [0, 0.05) is 12.8 Å². The molecule has 1 aromatic rings. The molecule has 0 aromatic heterocycles. The van der Waals surface area contributed by atoms with Crippen LogP contribution < -0.4 is 9.47 Å². The third-order valence-corrected chi connectivity index (χ3v) is 2.36. The number of hydrogen-bond donors (Lipinski definition) is 0. The van der Waals surface area contributed by atoms with E-state index in [1.165, 1.54) is 0 Å². The molecule has 0 aliphatic carbocycles. The van der Waals surface area contributed by atoms with Crippen LogP contribution in [0.3, 0.4) is 0 Å². The standard InChI is InChI=1S/C13H12O3/c1-2-3-6-11(14)10-5-4-7-12-13(10)16-9-8-15-12/h1,4-5,7H,3,6,8-9H2. The van der Waals surface area contributed by atoms with Gasteiger partial charge in [0.2, 0.25) is 0 Å². The lowest BCUT2D eigenvalue weighted by molar-refractivity contribution is 0.0973. The van der Waals surface area contributed by atoms with E-state index >= 15 is 0 Å². The Morgan fingerprint density at radius 2 is 2.19 bits per heavy atom. The Morgan fingerprint density at radius 3 is 3.00 bits per heavy atom. The molecule has 1 aromatic carbocycles. The zero-order valence-corrected chi connectivity index (χ0v) is 8.86. The molecular weight excluding hydrogens is 204 g/mol. The Kier molecular flexibility index (Phi) is 3.11. The van der Waals surface area contributed by atoms with Crippen molar-refractivity contribution >= 4 is 5.78 Å². The highest BCUT2D eigenvalue weighted by atomic mass is 16.6. The van der Waals surface area contributed by atoms with E-state index in [1.54, 1.807) is 18.2 Å². The molecule has 0 saturated heterocycles. The van der Waals surface area contributed by atoms with Crippen LogP contribution in [0.15, 0.2) is 18.2 Å². The van der Waals surface area contributed by atoms with E-state index < -0.39 is 0 Å². The predicted octanol–water partition coefficient (Wildman–Crippen LogP) is 2.05. The summed E-state index contributed by atoms with van der Waals surface area (Å²) in [6.45, 7) is 1.00. The van der Waals surface area contributed by atoms with Gasteiger partial charge in [-0.15, -0.1) is 12.3 Å². The van der Waals surface area contributed by atoms with Gasteiger partial charge in [0.1, 0.15) is 13.2 Å². The second-order valence-electron chi connectivity index (χ2n) is 3.46. The molecule has 3 heteroatoms. The number of ketones is 1. The number of carbonyl (C=O) groups is 1.